The Kier molecular flexibility index (Phi) is 11.1. The quantitative estimate of drug-likeness (QED) is 0.355. The first-order valence-electron chi connectivity index (χ1n) is 10.5. The van der Waals surface area contributed by atoms with E-state index in [9.17, 15) is 15.0 Å². The van der Waals surface area contributed by atoms with Crippen molar-refractivity contribution in [1.82, 2.24) is 0 Å². The van der Waals surface area contributed by atoms with E-state index in [0.29, 0.717) is 5.75 Å². The lowest BCUT2D eigenvalue weighted by Gasteiger charge is -2.17. The Morgan fingerprint density at radius 1 is 0.885 bits per heavy atom. The number of unbranched alkanes of at least 4 members (excludes halogenated alkanes) is 9. The van der Waals surface area contributed by atoms with E-state index in [0.717, 1.165) is 29.5 Å². The van der Waals surface area contributed by atoms with Crippen molar-refractivity contribution in [1.29, 1.82) is 0 Å². The Hall–Kier alpha value is -1.51. The monoisotopic (exact) mass is 362 g/mol. The summed E-state index contributed by atoms with van der Waals surface area (Å²) in [6.45, 7) is 6.01. The number of benzene rings is 1. The molecule has 1 unspecified atom stereocenters. The Bertz CT molecular complexity index is 513. The third-order valence-electron chi connectivity index (χ3n) is 5.31. The molecule has 0 amide bonds. The smallest absolute Gasteiger partial charge is 0.303 e. The predicted molar refractivity (Wildman–Crippen MR) is 109 cm³/mol. The van der Waals surface area contributed by atoms with E-state index in [4.69, 9.17) is 0 Å². The lowest BCUT2D eigenvalue weighted by molar-refractivity contribution is -0.137. The Morgan fingerprint density at radius 2 is 1.35 bits per heavy atom. The van der Waals surface area contributed by atoms with E-state index in [1.807, 2.05) is 26.0 Å². The Morgan fingerprint density at radius 3 is 1.81 bits per heavy atom. The van der Waals surface area contributed by atoms with Crippen LogP contribution in [-0.2, 0) is 4.79 Å². The zero-order chi connectivity index (χ0) is 19.4. The van der Waals surface area contributed by atoms with Crippen LogP contribution in [0.3, 0.4) is 0 Å². The van der Waals surface area contributed by atoms with Gasteiger partial charge >= 0.3 is 5.97 Å². The lowest BCUT2D eigenvalue weighted by atomic mass is 9.88. The van der Waals surface area contributed by atoms with Gasteiger partial charge in [0.05, 0.1) is 6.42 Å². The normalized spacial score (nSPS) is 12.3. The summed E-state index contributed by atoms with van der Waals surface area (Å²) in [5.41, 5.74) is 2.72. The van der Waals surface area contributed by atoms with Gasteiger partial charge in [-0.25, -0.2) is 0 Å². The minimum Gasteiger partial charge on any atom is -0.507 e. The molecule has 0 aliphatic carbocycles. The molecule has 148 valence electrons. The van der Waals surface area contributed by atoms with E-state index in [1.54, 1.807) is 0 Å². The molecule has 0 aliphatic rings. The predicted octanol–water partition coefficient (Wildman–Crippen LogP) is 6.88. The molecule has 0 saturated heterocycles. The largest absolute Gasteiger partial charge is 0.507 e. The van der Waals surface area contributed by atoms with Crippen molar-refractivity contribution in [2.24, 2.45) is 0 Å². The third kappa shape index (κ3) is 8.73. The van der Waals surface area contributed by atoms with E-state index >= 15 is 0 Å². The third-order valence-corrected chi connectivity index (χ3v) is 5.31. The standard InChI is InChI=1S/C23H38O3/c1-4-5-6-7-8-9-10-11-12-13-14-20(17-22(24)25)21-15-18(2)23(26)19(3)16-21/h15-16,20,26H,4-14,17H2,1-3H3,(H,24,25). The number of hydrogen-bond donors (Lipinski definition) is 2. The number of carboxylic acid groups (broad SMARTS) is 1. The van der Waals surface area contributed by atoms with Gasteiger partial charge in [0.2, 0.25) is 0 Å². The van der Waals surface area contributed by atoms with Crippen LogP contribution in [0.25, 0.3) is 0 Å². The van der Waals surface area contributed by atoms with Crippen LogP contribution in [0, 0.1) is 13.8 Å². The van der Waals surface area contributed by atoms with Crippen LogP contribution in [0.1, 0.15) is 107 Å². The maximum atomic E-state index is 11.3. The van der Waals surface area contributed by atoms with Crippen molar-refractivity contribution < 1.29 is 15.0 Å². The van der Waals surface area contributed by atoms with Crippen LogP contribution in [0.15, 0.2) is 12.1 Å². The van der Waals surface area contributed by atoms with Gasteiger partial charge in [-0.3, -0.25) is 4.79 Å². The zero-order valence-corrected chi connectivity index (χ0v) is 17.0. The highest BCUT2D eigenvalue weighted by atomic mass is 16.4. The maximum absolute atomic E-state index is 11.3. The van der Waals surface area contributed by atoms with Crippen LogP contribution in [0.4, 0.5) is 0 Å². The first-order valence-corrected chi connectivity index (χ1v) is 10.5. The summed E-state index contributed by atoms with van der Waals surface area (Å²) in [6.07, 6.45) is 14.0. The first-order chi connectivity index (χ1) is 12.5. The molecular weight excluding hydrogens is 324 g/mol. The van der Waals surface area contributed by atoms with Gasteiger partial charge in [0.1, 0.15) is 5.75 Å². The molecule has 0 saturated carbocycles. The minimum absolute atomic E-state index is 0.0412. The molecule has 1 rings (SSSR count). The highest BCUT2D eigenvalue weighted by molar-refractivity contribution is 5.68. The van der Waals surface area contributed by atoms with Crippen LogP contribution in [0.5, 0.6) is 5.75 Å². The molecular formula is C23H38O3. The van der Waals surface area contributed by atoms with Gasteiger partial charge in [-0.2, -0.15) is 0 Å². The van der Waals surface area contributed by atoms with E-state index in [1.165, 1.54) is 57.8 Å². The molecule has 0 radical (unpaired) electrons. The number of carbonyl (C=O) groups is 1. The van der Waals surface area contributed by atoms with Crippen molar-refractivity contribution in [3.05, 3.63) is 28.8 Å². The second-order valence-electron chi connectivity index (χ2n) is 7.77. The van der Waals surface area contributed by atoms with Crippen LogP contribution in [0.2, 0.25) is 0 Å². The van der Waals surface area contributed by atoms with Crippen molar-refractivity contribution in [3.8, 4) is 5.75 Å². The maximum Gasteiger partial charge on any atom is 0.303 e. The summed E-state index contributed by atoms with van der Waals surface area (Å²) >= 11 is 0. The van der Waals surface area contributed by atoms with Crippen molar-refractivity contribution in [3.63, 3.8) is 0 Å². The number of phenolic OH excluding ortho intramolecular Hbond substituents is 1. The molecule has 3 heteroatoms. The molecule has 3 nitrogen and oxygen atoms in total. The molecule has 0 aromatic heterocycles. The van der Waals surface area contributed by atoms with Crippen molar-refractivity contribution >= 4 is 5.97 Å². The fraction of sp³-hybridized carbons (Fsp3) is 0.696. The second-order valence-corrected chi connectivity index (χ2v) is 7.77. The average Bonchev–Trinajstić information content (AvgIpc) is 2.59. The molecule has 0 aliphatic heterocycles. The summed E-state index contributed by atoms with van der Waals surface area (Å²) in [5.74, 6) is -0.383. The molecule has 1 aromatic rings. The highest BCUT2D eigenvalue weighted by Gasteiger charge is 2.17. The van der Waals surface area contributed by atoms with Gasteiger partial charge < -0.3 is 10.2 Å². The number of rotatable bonds is 14. The van der Waals surface area contributed by atoms with E-state index < -0.39 is 5.97 Å². The molecule has 1 atom stereocenters. The SMILES string of the molecule is CCCCCCCCCCCCC(CC(=O)O)c1cc(C)c(O)c(C)c1. The Labute approximate surface area is 159 Å². The summed E-state index contributed by atoms with van der Waals surface area (Å²) in [5, 5.41) is 19.2. The number of phenols is 1. The summed E-state index contributed by atoms with van der Waals surface area (Å²) in [6, 6.07) is 3.90. The molecule has 0 heterocycles. The fourth-order valence-electron chi connectivity index (χ4n) is 3.70. The average molecular weight is 363 g/mol. The number of aryl methyl sites for hydroxylation is 2. The van der Waals surface area contributed by atoms with Gasteiger partial charge in [0, 0.05) is 0 Å². The minimum atomic E-state index is -0.745. The summed E-state index contributed by atoms with van der Waals surface area (Å²) in [7, 11) is 0. The summed E-state index contributed by atoms with van der Waals surface area (Å²) in [4.78, 5) is 11.3. The Balaban J connectivity index is 2.36. The molecule has 0 fully saturated rings. The number of hydrogen-bond acceptors (Lipinski definition) is 2. The van der Waals surface area contributed by atoms with Gasteiger partial charge in [-0.15, -0.1) is 0 Å². The highest BCUT2D eigenvalue weighted by Crippen LogP contribution is 2.32. The van der Waals surface area contributed by atoms with Gasteiger partial charge in [0.15, 0.2) is 0 Å². The summed E-state index contributed by atoms with van der Waals surface area (Å²) < 4.78 is 0. The van der Waals surface area contributed by atoms with Crippen molar-refractivity contribution in [2.75, 3.05) is 0 Å². The molecule has 0 bridgehead atoms. The van der Waals surface area contributed by atoms with Crippen molar-refractivity contribution in [2.45, 2.75) is 104 Å². The second kappa shape index (κ2) is 12.8. The molecule has 0 spiro atoms. The fourth-order valence-corrected chi connectivity index (χ4v) is 3.70. The van der Waals surface area contributed by atoms with Crippen LogP contribution in [-0.4, -0.2) is 16.2 Å². The first kappa shape index (κ1) is 22.5. The molecule has 1 aromatic carbocycles. The zero-order valence-electron chi connectivity index (χ0n) is 17.0. The number of aromatic hydroxyl groups is 1. The molecule has 2 N–H and O–H groups in total. The van der Waals surface area contributed by atoms with Gasteiger partial charge in [-0.05, 0) is 42.9 Å². The topological polar surface area (TPSA) is 57.5 Å². The van der Waals surface area contributed by atoms with E-state index in [2.05, 4.69) is 6.92 Å². The van der Waals surface area contributed by atoms with Crippen LogP contribution >= 0.6 is 0 Å². The molecule has 26 heavy (non-hydrogen) atoms. The number of carboxylic acids is 1. The van der Waals surface area contributed by atoms with Gasteiger partial charge in [0.25, 0.3) is 0 Å². The van der Waals surface area contributed by atoms with E-state index in [-0.39, 0.29) is 12.3 Å². The van der Waals surface area contributed by atoms with Gasteiger partial charge in [-0.1, -0.05) is 83.3 Å². The number of aliphatic carboxylic acids is 1. The van der Waals surface area contributed by atoms with Crippen LogP contribution < -0.4 is 0 Å². The lowest BCUT2D eigenvalue weighted by Crippen LogP contribution is -2.07.